The van der Waals surface area contributed by atoms with Crippen LogP contribution in [0.4, 0.5) is 0 Å². The molecule has 22 heavy (non-hydrogen) atoms. The van der Waals surface area contributed by atoms with Crippen LogP contribution < -0.4 is 0 Å². The van der Waals surface area contributed by atoms with Crippen LogP contribution >= 0.6 is 0 Å². The van der Waals surface area contributed by atoms with Gasteiger partial charge in [-0.1, -0.05) is 86.6 Å². The summed E-state index contributed by atoms with van der Waals surface area (Å²) >= 11 is 0. The zero-order chi connectivity index (χ0) is 15.4. The highest BCUT2D eigenvalue weighted by Crippen LogP contribution is 2.29. The van der Waals surface area contributed by atoms with Gasteiger partial charge in [-0.05, 0) is 46.2 Å². The Hall–Kier alpha value is -2.34. The van der Waals surface area contributed by atoms with E-state index in [1.807, 2.05) is 0 Å². The summed E-state index contributed by atoms with van der Waals surface area (Å²) in [6, 6.07) is 26.3. The normalized spacial score (nSPS) is 10.6. The lowest BCUT2D eigenvalue weighted by molar-refractivity contribution is 1.14. The fraction of sp³-hybridized carbons (Fsp3) is 0.182. The second-order valence-electron chi connectivity index (χ2n) is 5.60. The van der Waals surface area contributed by atoms with E-state index in [0.717, 1.165) is 12.8 Å². The Bertz CT molecular complexity index is 685. The molecule has 0 nitrogen and oxygen atoms in total. The molecule has 0 aliphatic rings. The number of aryl methyl sites for hydroxylation is 2. The van der Waals surface area contributed by atoms with Crippen LogP contribution in [0.5, 0.6) is 0 Å². The van der Waals surface area contributed by atoms with Crippen molar-refractivity contribution in [2.45, 2.75) is 26.7 Å². The predicted octanol–water partition coefficient (Wildman–Crippen LogP) is 6.15. The molecule has 110 valence electrons. The Labute approximate surface area is 133 Å². The summed E-state index contributed by atoms with van der Waals surface area (Å²) < 4.78 is 0. The van der Waals surface area contributed by atoms with Crippen molar-refractivity contribution in [2.75, 3.05) is 0 Å². The molecule has 0 heteroatoms. The standard InChI is InChI=1S/C22H22/c1-3-17-9-5-7-11-21(17)19-13-15-20(16-14-19)22-12-8-6-10-18(22)4-2/h5-16H,3-4H2,1-2H3. The lowest BCUT2D eigenvalue weighted by atomic mass is 9.94. The average Bonchev–Trinajstić information content (AvgIpc) is 2.62. The topological polar surface area (TPSA) is 0 Å². The Kier molecular flexibility index (Phi) is 4.39. The van der Waals surface area contributed by atoms with Crippen LogP contribution in [-0.4, -0.2) is 0 Å². The van der Waals surface area contributed by atoms with Gasteiger partial charge in [0.25, 0.3) is 0 Å². The highest BCUT2D eigenvalue weighted by molar-refractivity contribution is 5.73. The molecule has 0 saturated carbocycles. The van der Waals surface area contributed by atoms with Gasteiger partial charge in [-0.15, -0.1) is 0 Å². The van der Waals surface area contributed by atoms with E-state index in [2.05, 4.69) is 86.6 Å². The van der Waals surface area contributed by atoms with E-state index in [9.17, 15) is 0 Å². The Balaban J connectivity index is 2.00. The molecule has 0 unspecified atom stereocenters. The average molecular weight is 286 g/mol. The molecular weight excluding hydrogens is 264 g/mol. The Morgan fingerprint density at radius 2 is 0.864 bits per heavy atom. The molecule has 0 aliphatic carbocycles. The molecule has 0 heterocycles. The van der Waals surface area contributed by atoms with E-state index >= 15 is 0 Å². The number of hydrogen-bond acceptors (Lipinski definition) is 0. The predicted molar refractivity (Wildman–Crippen MR) is 96.1 cm³/mol. The van der Waals surface area contributed by atoms with Crippen LogP contribution in [0.2, 0.25) is 0 Å². The first-order valence-electron chi connectivity index (χ1n) is 8.10. The molecule has 0 N–H and O–H groups in total. The third kappa shape index (κ3) is 2.82. The van der Waals surface area contributed by atoms with Gasteiger partial charge < -0.3 is 0 Å². The molecular formula is C22H22. The monoisotopic (exact) mass is 286 g/mol. The van der Waals surface area contributed by atoms with Crippen LogP contribution in [0, 0.1) is 0 Å². The van der Waals surface area contributed by atoms with E-state index in [-0.39, 0.29) is 0 Å². The summed E-state index contributed by atoms with van der Waals surface area (Å²) in [5.41, 5.74) is 8.11. The molecule has 3 aromatic rings. The minimum absolute atomic E-state index is 1.07. The van der Waals surface area contributed by atoms with Crippen LogP contribution in [-0.2, 0) is 12.8 Å². The van der Waals surface area contributed by atoms with Crippen molar-refractivity contribution in [1.29, 1.82) is 0 Å². The third-order valence-electron chi connectivity index (χ3n) is 4.30. The van der Waals surface area contributed by atoms with Crippen LogP contribution in [0.25, 0.3) is 22.3 Å². The van der Waals surface area contributed by atoms with Gasteiger partial charge in [0.05, 0.1) is 0 Å². The third-order valence-corrected chi connectivity index (χ3v) is 4.30. The van der Waals surface area contributed by atoms with E-state index in [1.54, 1.807) is 0 Å². The van der Waals surface area contributed by atoms with Crippen molar-refractivity contribution < 1.29 is 0 Å². The van der Waals surface area contributed by atoms with Crippen molar-refractivity contribution in [3.05, 3.63) is 83.9 Å². The van der Waals surface area contributed by atoms with Crippen molar-refractivity contribution in [2.24, 2.45) is 0 Å². The van der Waals surface area contributed by atoms with Crippen LogP contribution in [0.1, 0.15) is 25.0 Å². The summed E-state index contributed by atoms with van der Waals surface area (Å²) in [5, 5.41) is 0. The zero-order valence-corrected chi connectivity index (χ0v) is 13.3. The first-order chi connectivity index (χ1) is 10.8. The van der Waals surface area contributed by atoms with Crippen LogP contribution in [0.3, 0.4) is 0 Å². The summed E-state index contributed by atoms with van der Waals surface area (Å²) in [4.78, 5) is 0. The van der Waals surface area contributed by atoms with E-state index in [1.165, 1.54) is 33.4 Å². The molecule has 3 rings (SSSR count). The van der Waals surface area contributed by atoms with Gasteiger partial charge in [0, 0.05) is 0 Å². The van der Waals surface area contributed by atoms with Crippen molar-refractivity contribution in [3.8, 4) is 22.3 Å². The number of hydrogen-bond donors (Lipinski definition) is 0. The second-order valence-corrected chi connectivity index (χ2v) is 5.60. The fourth-order valence-corrected chi connectivity index (χ4v) is 3.05. The summed E-state index contributed by atoms with van der Waals surface area (Å²) in [7, 11) is 0. The van der Waals surface area contributed by atoms with Crippen molar-refractivity contribution in [1.82, 2.24) is 0 Å². The smallest absolute Gasteiger partial charge is 0.0152 e. The highest BCUT2D eigenvalue weighted by atomic mass is 14.1. The van der Waals surface area contributed by atoms with Gasteiger partial charge in [-0.3, -0.25) is 0 Å². The largest absolute Gasteiger partial charge is 0.0620 e. The number of rotatable bonds is 4. The molecule has 0 bridgehead atoms. The van der Waals surface area contributed by atoms with Crippen molar-refractivity contribution >= 4 is 0 Å². The lowest BCUT2D eigenvalue weighted by Crippen LogP contribution is -1.89. The van der Waals surface area contributed by atoms with Gasteiger partial charge in [-0.25, -0.2) is 0 Å². The maximum Gasteiger partial charge on any atom is -0.0152 e. The lowest BCUT2D eigenvalue weighted by Gasteiger charge is -2.11. The zero-order valence-electron chi connectivity index (χ0n) is 13.3. The van der Waals surface area contributed by atoms with E-state index in [4.69, 9.17) is 0 Å². The molecule has 3 aromatic carbocycles. The maximum absolute atomic E-state index is 2.25. The molecule has 0 radical (unpaired) electrons. The second kappa shape index (κ2) is 6.62. The highest BCUT2D eigenvalue weighted by Gasteiger charge is 2.05. The summed E-state index contributed by atoms with van der Waals surface area (Å²) in [5.74, 6) is 0. The molecule has 0 saturated heterocycles. The Morgan fingerprint density at radius 1 is 0.500 bits per heavy atom. The summed E-state index contributed by atoms with van der Waals surface area (Å²) in [6.45, 7) is 4.43. The van der Waals surface area contributed by atoms with Gasteiger partial charge in [-0.2, -0.15) is 0 Å². The number of benzene rings is 3. The first kappa shape index (κ1) is 14.6. The van der Waals surface area contributed by atoms with E-state index < -0.39 is 0 Å². The summed E-state index contributed by atoms with van der Waals surface area (Å²) in [6.07, 6.45) is 2.13. The van der Waals surface area contributed by atoms with Gasteiger partial charge in [0.15, 0.2) is 0 Å². The Morgan fingerprint density at radius 3 is 1.23 bits per heavy atom. The van der Waals surface area contributed by atoms with Crippen molar-refractivity contribution in [3.63, 3.8) is 0 Å². The van der Waals surface area contributed by atoms with E-state index in [0.29, 0.717) is 0 Å². The minimum atomic E-state index is 1.07. The molecule has 0 fully saturated rings. The fourth-order valence-electron chi connectivity index (χ4n) is 3.05. The van der Waals surface area contributed by atoms with Gasteiger partial charge >= 0.3 is 0 Å². The quantitative estimate of drug-likeness (QED) is 0.540. The first-order valence-corrected chi connectivity index (χ1v) is 8.10. The molecule has 0 spiro atoms. The SMILES string of the molecule is CCc1ccccc1-c1ccc(-c2ccccc2CC)cc1. The molecule has 0 atom stereocenters. The molecule has 0 aliphatic heterocycles. The molecule has 0 amide bonds. The van der Waals surface area contributed by atoms with Gasteiger partial charge in [0.1, 0.15) is 0 Å². The van der Waals surface area contributed by atoms with Gasteiger partial charge in [0.2, 0.25) is 0 Å². The molecule has 0 aromatic heterocycles. The van der Waals surface area contributed by atoms with Crippen LogP contribution in [0.15, 0.2) is 72.8 Å². The minimum Gasteiger partial charge on any atom is -0.0620 e. The maximum atomic E-state index is 2.25.